The van der Waals surface area contributed by atoms with E-state index < -0.39 is 0 Å². The average Bonchev–Trinajstić information content (AvgIpc) is 2.54. The zero-order valence-electron chi connectivity index (χ0n) is 15.9. The first-order chi connectivity index (χ1) is 11.2. The van der Waals surface area contributed by atoms with Crippen LogP contribution in [0, 0.1) is 19.3 Å². The predicted molar refractivity (Wildman–Crippen MR) is 101 cm³/mol. The lowest BCUT2D eigenvalue weighted by Gasteiger charge is -2.37. The number of rotatable bonds is 2. The normalized spacial score (nSPS) is 16.3. The Labute approximate surface area is 146 Å². The van der Waals surface area contributed by atoms with Crippen molar-refractivity contribution in [3.05, 3.63) is 41.1 Å². The number of piperazine rings is 1. The van der Waals surface area contributed by atoms with E-state index in [2.05, 4.69) is 70.0 Å². The summed E-state index contributed by atoms with van der Waals surface area (Å²) >= 11 is 0. The third-order valence-electron chi connectivity index (χ3n) is 5.08. The second kappa shape index (κ2) is 7.29. The molecule has 24 heavy (non-hydrogen) atoms. The van der Waals surface area contributed by atoms with Crippen LogP contribution in [0.5, 0.6) is 0 Å². The van der Waals surface area contributed by atoms with E-state index in [1.807, 2.05) is 11.1 Å². The predicted octanol–water partition coefficient (Wildman–Crippen LogP) is 4.08. The maximum Gasteiger partial charge on any atom is 0.321 e. The number of nitrogens with zero attached hydrogens (tertiary/aromatic N) is 2. The Morgan fingerprint density at radius 2 is 1.75 bits per heavy atom. The molecule has 0 unspecified atom stereocenters. The lowest BCUT2D eigenvalue weighted by atomic mass is 9.88. The zero-order chi connectivity index (χ0) is 17.9. The second-order valence-corrected chi connectivity index (χ2v) is 7.72. The lowest BCUT2D eigenvalue weighted by molar-refractivity contribution is 0.198. The van der Waals surface area contributed by atoms with Gasteiger partial charge in [-0.1, -0.05) is 38.5 Å². The Hall–Kier alpha value is -1.97. The molecular weight excluding hydrogens is 298 g/mol. The molecule has 1 saturated heterocycles. The third-order valence-corrected chi connectivity index (χ3v) is 5.08. The quantitative estimate of drug-likeness (QED) is 0.887. The van der Waals surface area contributed by atoms with Crippen LogP contribution in [0.4, 0.5) is 10.5 Å². The maximum atomic E-state index is 12.3. The van der Waals surface area contributed by atoms with Crippen LogP contribution in [0.2, 0.25) is 0 Å². The SMILES string of the molecule is C/C(=C\NC(=O)N1CCN(c2cccc(C)c2C)CC1)C(C)(C)C. The van der Waals surface area contributed by atoms with Crippen molar-refractivity contribution < 1.29 is 4.79 Å². The number of carbonyl (C=O) groups excluding carboxylic acids is 1. The van der Waals surface area contributed by atoms with Gasteiger partial charge in [0.05, 0.1) is 0 Å². The van der Waals surface area contributed by atoms with Crippen LogP contribution in [0.3, 0.4) is 0 Å². The molecule has 1 fully saturated rings. The van der Waals surface area contributed by atoms with Crippen molar-refractivity contribution in [2.45, 2.75) is 41.5 Å². The summed E-state index contributed by atoms with van der Waals surface area (Å²) in [6, 6.07) is 6.43. The minimum Gasteiger partial charge on any atom is -0.368 e. The van der Waals surface area contributed by atoms with E-state index in [1.54, 1.807) is 0 Å². The van der Waals surface area contributed by atoms with Gasteiger partial charge >= 0.3 is 6.03 Å². The molecule has 0 atom stereocenters. The molecule has 0 radical (unpaired) electrons. The minimum absolute atomic E-state index is 0.000728. The number of allylic oxidation sites excluding steroid dienone is 1. The molecule has 1 aliphatic rings. The highest BCUT2D eigenvalue weighted by atomic mass is 16.2. The van der Waals surface area contributed by atoms with Crippen LogP contribution in [-0.4, -0.2) is 37.1 Å². The number of carbonyl (C=O) groups is 1. The van der Waals surface area contributed by atoms with Crippen LogP contribution in [-0.2, 0) is 0 Å². The second-order valence-electron chi connectivity index (χ2n) is 7.72. The summed E-state index contributed by atoms with van der Waals surface area (Å²) in [6.07, 6.45) is 1.85. The molecule has 0 aliphatic carbocycles. The standard InChI is InChI=1S/C20H31N3O/c1-15-8-7-9-18(17(15)3)22-10-12-23(13-11-22)19(24)21-14-16(2)20(4,5)6/h7-9,14H,10-13H2,1-6H3,(H,21,24)/b16-14+. The van der Waals surface area contributed by atoms with Crippen LogP contribution >= 0.6 is 0 Å². The average molecular weight is 329 g/mol. The Morgan fingerprint density at radius 1 is 1.12 bits per heavy atom. The van der Waals surface area contributed by atoms with Gasteiger partial charge in [0.25, 0.3) is 0 Å². The largest absolute Gasteiger partial charge is 0.368 e. The number of aryl methyl sites for hydroxylation is 1. The van der Waals surface area contributed by atoms with Crippen LogP contribution in [0.25, 0.3) is 0 Å². The molecule has 0 saturated carbocycles. The molecule has 1 aromatic carbocycles. The summed E-state index contributed by atoms with van der Waals surface area (Å²) in [4.78, 5) is 16.6. The Bertz CT molecular complexity index is 620. The molecule has 4 nitrogen and oxygen atoms in total. The number of urea groups is 1. The van der Waals surface area contributed by atoms with Gasteiger partial charge in [0.15, 0.2) is 0 Å². The molecule has 0 bridgehead atoms. The number of amides is 2. The summed E-state index contributed by atoms with van der Waals surface area (Å²) in [7, 11) is 0. The highest BCUT2D eigenvalue weighted by Gasteiger charge is 2.22. The van der Waals surface area contributed by atoms with Gasteiger partial charge < -0.3 is 15.1 Å². The summed E-state index contributed by atoms with van der Waals surface area (Å²) in [6.45, 7) is 16.1. The molecule has 1 N–H and O–H groups in total. The maximum absolute atomic E-state index is 12.3. The number of anilines is 1. The van der Waals surface area contributed by atoms with Crippen molar-refractivity contribution in [1.29, 1.82) is 0 Å². The lowest BCUT2D eigenvalue weighted by Crippen LogP contribution is -2.51. The van der Waals surface area contributed by atoms with Gasteiger partial charge in [-0.05, 0) is 43.4 Å². The molecule has 1 aliphatic heterocycles. The molecule has 0 aromatic heterocycles. The number of hydrogen-bond donors (Lipinski definition) is 1. The van der Waals surface area contributed by atoms with Crippen molar-refractivity contribution in [1.82, 2.24) is 10.2 Å². The monoisotopic (exact) mass is 329 g/mol. The van der Waals surface area contributed by atoms with Gasteiger partial charge in [-0.25, -0.2) is 4.79 Å². The fourth-order valence-corrected chi connectivity index (χ4v) is 2.71. The van der Waals surface area contributed by atoms with E-state index in [9.17, 15) is 4.79 Å². The van der Waals surface area contributed by atoms with Gasteiger partial charge in [-0.15, -0.1) is 0 Å². The van der Waals surface area contributed by atoms with Crippen molar-refractivity contribution in [3.8, 4) is 0 Å². The van der Waals surface area contributed by atoms with Crippen LogP contribution < -0.4 is 10.2 Å². The van der Waals surface area contributed by atoms with Crippen molar-refractivity contribution in [3.63, 3.8) is 0 Å². The van der Waals surface area contributed by atoms with Crippen molar-refractivity contribution >= 4 is 11.7 Å². The first kappa shape index (κ1) is 18.4. The highest BCUT2D eigenvalue weighted by Crippen LogP contribution is 2.24. The first-order valence-corrected chi connectivity index (χ1v) is 8.74. The summed E-state index contributed by atoms with van der Waals surface area (Å²) in [5.41, 5.74) is 5.19. The van der Waals surface area contributed by atoms with Gasteiger partial charge in [0, 0.05) is 38.1 Å². The molecular formula is C20H31N3O. The molecule has 0 spiro atoms. The Balaban J connectivity index is 1.93. The summed E-state index contributed by atoms with van der Waals surface area (Å²) in [5.74, 6) is 0. The van der Waals surface area contributed by atoms with Crippen molar-refractivity contribution in [2.75, 3.05) is 31.1 Å². The number of hydrogen-bond acceptors (Lipinski definition) is 2. The fourth-order valence-electron chi connectivity index (χ4n) is 2.71. The van der Waals surface area contributed by atoms with E-state index in [0.717, 1.165) is 26.2 Å². The Kier molecular flexibility index (Phi) is 5.58. The molecule has 1 heterocycles. The van der Waals surface area contributed by atoms with E-state index in [4.69, 9.17) is 0 Å². The third kappa shape index (κ3) is 4.31. The summed E-state index contributed by atoms with van der Waals surface area (Å²) < 4.78 is 0. The van der Waals surface area contributed by atoms with Crippen molar-refractivity contribution in [2.24, 2.45) is 5.41 Å². The van der Waals surface area contributed by atoms with Crippen LogP contribution in [0.15, 0.2) is 30.0 Å². The van der Waals surface area contributed by atoms with E-state index in [1.165, 1.54) is 22.4 Å². The summed E-state index contributed by atoms with van der Waals surface area (Å²) in [5, 5.41) is 2.94. The van der Waals surface area contributed by atoms with Gasteiger partial charge in [-0.3, -0.25) is 0 Å². The van der Waals surface area contributed by atoms with E-state index in [0.29, 0.717) is 0 Å². The molecule has 2 amide bonds. The van der Waals surface area contributed by atoms with Crippen LogP contribution in [0.1, 0.15) is 38.8 Å². The molecule has 1 aromatic rings. The molecule has 132 valence electrons. The highest BCUT2D eigenvalue weighted by molar-refractivity contribution is 5.75. The number of nitrogens with one attached hydrogen (secondary N) is 1. The molecule has 4 heteroatoms. The van der Waals surface area contributed by atoms with Gasteiger partial charge in [-0.2, -0.15) is 0 Å². The first-order valence-electron chi connectivity index (χ1n) is 8.74. The van der Waals surface area contributed by atoms with E-state index in [-0.39, 0.29) is 11.4 Å². The minimum atomic E-state index is -0.000728. The van der Waals surface area contributed by atoms with Gasteiger partial charge in [0.1, 0.15) is 0 Å². The molecule has 2 rings (SSSR count). The fraction of sp³-hybridized carbons (Fsp3) is 0.550. The zero-order valence-corrected chi connectivity index (χ0v) is 15.9. The Morgan fingerprint density at radius 3 is 2.33 bits per heavy atom. The van der Waals surface area contributed by atoms with E-state index >= 15 is 0 Å². The smallest absolute Gasteiger partial charge is 0.321 e. The number of benzene rings is 1. The topological polar surface area (TPSA) is 35.6 Å². The van der Waals surface area contributed by atoms with Gasteiger partial charge in [0.2, 0.25) is 0 Å².